The predicted octanol–water partition coefficient (Wildman–Crippen LogP) is 3.35. The van der Waals surface area contributed by atoms with Crippen molar-refractivity contribution in [2.24, 2.45) is 0 Å². The van der Waals surface area contributed by atoms with Crippen LogP contribution in [0.3, 0.4) is 0 Å². The van der Waals surface area contributed by atoms with Crippen molar-refractivity contribution >= 4 is 44.8 Å². The highest BCUT2D eigenvalue weighted by molar-refractivity contribution is 7.92. The van der Waals surface area contributed by atoms with E-state index in [4.69, 9.17) is 11.6 Å². The Hall–Kier alpha value is -3.18. The summed E-state index contributed by atoms with van der Waals surface area (Å²) in [6.07, 6.45) is 2.57. The van der Waals surface area contributed by atoms with Gasteiger partial charge in [-0.3, -0.25) is 24.0 Å². The number of nitrogens with one attached hydrogen (secondary N) is 1. The summed E-state index contributed by atoms with van der Waals surface area (Å²) in [7, 11) is -3.99. The molecule has 12 heteroatoms. The molecule has 0 heterocycles. The molecule has 0 spiro atoms. The number of unbranched alkanes of at least 4 members (excludes halogenated alkanes) is 1. The quantitative estimate of drug-likeness (QED) is 0.257. The van der Waals surface area contributed by atoms with Crippen molar-refractivity contribution in [3.05, 3.63) is 69.2 Å². The fourth-order valence-corrected chi connectivity index (χ4v) is 4.25. The van der Waals surface area contributed by atoms with Gasteiger partial charge in [-0.15, -0.1) is 0 Å². The Balaban J connectivity index is 2.38. The second kappa shape index (κ2) is 12.5. The van der Waals surface area contributed by atoms with Gasteiger partial charge in [0.2, 0.25) is 21.8 Å². The third-order valence-electron chi connectivity index (χ3n) is 5.27. The summed E-state index contributed by atoms with van der Waals surface area (Å²) in [5.41, 5.74) is 0.351. The number of amides is 2. The second-order valence-electron chi connectivity index (χ2n) is 8.02. The van der Waals surface area contributed by atoms with Crippen LogP contribution in [0.2, 0.25) is 5.02 Å². The van der Waals surface area contributed by atoms with Crippen LogP contribution in [0.25, 0.3) is 0 Å². The van der Waals surface area contributed by atoms with Crippen LogP contribution < -0.4 is 9.62 Å². The summed E-state index contributed by atoms with van der Waals surface area (Å²) in [6, 6.07) is 10.8. The Morgan fingerprint density at radius 2 is 1.83 bits per heavy atom. The van der Waals surface area contributed by atoms with Gasteiger partial charge in [0.1, 0.15) is 12.6 Å². The summed E-state index contributed by atoms with van der Waals surface area (Å²) in [5.74, 6) is -1.02. The van der Waals surface area contributed by atoms with E-state index in [2.05, 4.69) is 5.32 Å². The summed E-state index contributed by atoms with van der Waals surface area (Å²) >= 11 is 5.95. The van der Waals surface area contributed by atoms with Gasteiger partial charge < -0.3 is 10.2 Å². The number of nitro benzene ring substituents is 1. The first-order chi connectivity index (χ1) is 16.4. The fraction of sp³-hybridized carbons (Fsp3) is 0.391. The Morgan fingerprint density at radius 3 is 2.40 bits per heavy atom. The number of non-ortho nitro benzene ring substituents is 1. The molecule has 2 rings (SSSR count). The van der Waals surface area contributed by atoms with Crippen LogP contribution in [0.4, 0.5) is 11.4 Å². The van der Waals surface area contributed by atoms with E-state index in [1.165, 1.54) is 23.1 Å². The van der Waals surface area contributed by atoms with Gasteiger partial charge in [0.05, 0.1) is 16.9 Å². The average molecular weight is 525 g/mol. The summed E-state index contributed by atoms with van der Waals surface area (Å²) in [6.45, 7) is 3.39. The van der Waals surface area contributed by atoms with Crippen molar-refractivity contribution in [2.75, 3.05) is 23.7 Å². The van der Waals surface area contributed by atoms with Crippen LogP contribution in [0, 0.1) is 10.1 Å². The van der Waals surface area contributed by atoms with E-state index in [1.54, 1.807) is 31.2 Å². The molecule has 1 atom stereocenters. The third-order valence-corrected chi connectivity index (χ3v) is 6.66. The lowest BCUT2D eigenvalue weighted by Gasteiger charge is -2.31. The molecule has 1 N–H and O–H groups in total. The lowest BCUT2D eigenvalue weighted by molar-refractivity contribution is -0.384. The van der Waals surface area contributed by atoms with Crippen molar-refractivity contribution < 1.29 is 22.9 Å². The molecule has 0 saturated carbocycles. The zero-order valence-electron chi connectivity index (χ0n) is 19.8. The molecule has 0 aliphatic rings. The first-order valence-corrected chi connectivity index (χ1v) is 13.2. The van der Waals surface area contributed by atoms with Crippen LogP contribution in [0.15, 0.2) is 48.5 Å². The van der Waals surface area contributed by atoms with E-state index in [1.807, 2.05) is 6.92 Å². The Kier molecular flexibility index (Phi) is 10.0. The van der Waals surface area contributed by atoms with Crippen molar-refractivity contribution in [3.8, 4) is 0 Å². The minimum Gasteiger partial charge on any atom is -0.354 e. The van der Waals surface area contributed by atoms with Gasteiger partial charge in [-0.25, -0.2) is 8.42 Å². The van der Waals surface area contributed by atoms with Crippen molar-refractivity contribution in [1.82, 2.24) is 10.2 Å². The van der Waals surface area contributed by atoms with E-state index < -0.39 is 33.4 Å². The molecular weight excluding hydrogens is 496 g/mol. The molecule has 0 bridgehead atoms. The molecule has 0 aromatic heterocycles. The number of sulfonamides is 1. The summed E-state index contributed by atoms with van der Waals surface area (Å²) in [5, 5.41) is 14.5. The lowest BCUT2D eigenvalue weighted by atomic mass is 10.1. The number of benzene rings is 2. The van der Waals surface area contributed by atoms with Gasteiger partial charge in [-0.2, -0.15) is 0 Å². The number of rotatable bonds is 12. The van der Waals surface area contributed by atoms with Gasteiger partial charge in [-0.1, -0.05) is 43.1 Å². The number of nitro groups is 1. The smallest absolute Gasteiger partial charge is 0.271 e. The Labute approximate surface area is 210 Å². The van der Waals surface area contributed by atoms with Crippen LogP contribution in [0.5, 0.6) is 0 Å². The van der Waals surface area contributed by atoms with Gasteiger partial charge in [0.25, 0.3) is 5.69 Å². The first kappa shape index (κ1) is 28.1. The highest BCUT2D eigenvalue weighted by atomic mass is 35.5. The van der Waals surface area contributed by atoms with E-state index in [0.29, 0.717) is 17.1 Å². The molecule has 0 aliphatic heterocycles. The van der Waals surface area contributed by atoms with Crippen molar-refractivity contribution in [2.45, 2.75) is 39.3 Å². The molecule has 2 amide bonds. The zero-order valence-corrected chi connectivity index (χ0v) is 21.4. The Bertz CT molecular complexity index is 1160. The van der Waals surface area contributed by atoms with Crippen molar-refractivity contribution in [3.63, 3.8) is 0 Å². The second-order valence-corrected chi connectivity index (χ2v) is 10.4. The van der Waals surface area contributed by atoms with Crippen LogP contribution >= 0.6 is 11.6 Å². The predicted molar refractivity (Wildman–Crippen MR) is 135 cm³/mol. The molecule has 0 radical (unpaired) electrons. The van der Waals surface area contributed by atoms with Gasteiger partial charge in [0, 0.05) is 30.2 Å². The van der Waals surface area contributed by atoms with E-state index in [9.17, 15) is 28.1 Å². The zero-order chi connectivity index (χ0) is 26.2. The Morgan fingerprint density at radius 1 is 1.17 bits per heavy atom. The number of hydrogen-bond acceptors (Lipinski definition) is 6. The maximum absolute atomic E-state index is 13.4. The summed E-state index contributed by atoms with van der Waals surface area (Å²) in [4.78, 5) is 38.0. The first-order valence-electron chi connectivity index (χ1n) is 11.0. The standard InChI is InChI=1S/C23H29ClN4O6S/c1-4-5-13-25-23(30)17(2)26(15-18-9-11-19(24)12-10-18)22(29)16-27(35(3,33)34)20-7-6-8-21(14-20)28(31)32/h6-12,14,17H,4-5,13,15-16H2,1-3H3,(H,25,30)/t17-/m0/s1. The molecule has 0 fully saturated rings. The minimum absolute atomic E-state index is 0.0263. The maximum atomic E-state index is 13.4. The number of carbonyl (C=O) groups excluding carboxylic acids is 2. The normalized spacial score (nSPS) is 12.0. The van der Waals surface area contributed by atoms with Crippen molar-refractivity contribution in [1.29, 1.82) is 0 Å². The average Bonchev–Trinajstić information content (AvgIpc) is 2.81. The van der Waals surface area contributed by atoms with E-state index in [-0.39, 0.29) is 23.8 Å². The van der Waals surface area contributed by atoms with Crippen LogP contribution in [-0.2, 0) is 26.2 Å². The van der Waals surface area contributed by atoms with Crippen LogP contribution in [0.1, 0.15) is 32.3 Å². The highest BCUT2D eigenvalue weighted by Crippen LogP contribution is 2.24. The topological polar surface area (TPSA) is 130 Å². The number of anilines is 1. The number of nitrogens with zero attached hydrogens (tertiary/aromatic N) is 3. The van der Waals surface area contributed by atoms with E-state index >= 15 is 0 Å². The largest absolute Gasteiger partial charge is 0.354 e. The monoisotopic (exact) mass is 524 g/mol. The van der Waals surface area contributed by atoms with E-state index in [0.717, 1.165) is 29.5 Å². The highest BCUT2D eigenvalue weighted by Gasteiger charge is 2.30. The fourth-order valence-electron chi connectivity index (χ4n) is 3.28. The molecular formula is C23H29ClN4O6S. The molecule has 190 valence electrons. The van der Waals surface area contributed by atoms with Crippen LogP contribution in [-0.4, -0.2) is 55.4 Å². The molecule has 2 aromatic carbocycles. The number of carbonyl (C=O) groups is 2. The molecule has 0 unspecified atom stereocenters. The molecule has 35 heavy (non-hydrogen) atoms. The minimum atomic E-state index is -3.99. The molecule has 10 nitrogen and oxygen atoms in total. The summed E-state index contributed by atoms with van der Waals surface area (Å²) < 4.78 is 25.9. The number of halogens is 1. The third kappa shape index (κ3) is 8.22. The number of hydrogen-bond donors (Lipinski definition) is 1. The molecule has 0 aliphatic carbocycles. The lowest BCUT2D eigenvalue weighted by Crippen LogP contribution is -2.51. The van der Waals surface area contributed by atoms with Gasteiger partial charge >= 0.3 is 0 Å². The molecule has 2 aromatic rings. The maximum Gasteiger partial charge on any atom is 0.271 e. The SMILES string of the molecule is CCCCNC(=O)[C@H](C)N(Cc1ccc(Cl)cc1)C(=O)CN(c1cccc([N+](=O)[O-])c1)S(C)(=O)=O. The van der Waals surface area contributed by atoms with Gasteiger partial charge in [0.15, 0.2) is 0 Å². The molecule has 0 saturated heterocycles. The van der Waals surface area contributed by atoms with Gasteiger partial charge in [-0.05, 0) is 37.1 Å².